The Morgan fingerprint density at radius 2 is 1.62 bits per heavy atom. The lowest BCUT2D eigenvalue weighted by atomic mass is 9.99. The van der Waals surface area contributed by atoms with Crippen molar-refractivity contribution in [3.8, 4) is 0 Å². The van der Waals surface area contributed by atoms with E-state index in [1.165, 1.54) is 44.9 Å². The number of hydrogen-bond acceptors (Lipinski definition) is 2. The van der Waals surface area contributed by atoms with Crippen molar-refractivity contribution in [1.29, 1.82) is 0 Å². The summed E-state index contributed by atoms with van der Waals surface area (Å²) in [5.74, 6) is 0. The van der Waals surface area contributed by atoms with Gasteiger partial charge in [0, 0.05) is 0 Å². The molecule has 0 amide bonds. The molecule has 13 heavy (non-hydrogen) atoms. The molecule has 1 saturated heterocycles. The van der Waals surface area contributed by atoms with Crippen molar-refractivity contribution in [2.24, 2.45) is 0 Å². The summed E-state index contributed by atoms with van der Waals surface area (Å²) in [6.45, 7) is 1.76. The van der Waals surface area contributed by atoms with Gasteiger partial charge in [0.1, 0.15) is 6.10 Å². The van der Waals surface area contributed by atoms with Gasteiger partial charge in [-0.15, -0.1) is 0 Å². The van der Waals surface area contributed by atoms with Crippen LogP contribution in [0.1, 0.15) is 44.9 Å². The Morgan fingerprint density at radius 1 is 1.00 bits per heavy atom. The van der Waals surface area contributed by atoms with Crippen LogP contribution in [0.5, 0.6) is 0 Å². The molecule has 1 aliphatic heterocycles. The fraction of sp³-hybridized carbons (Fsp3) is 1.00. The third kappa shape index (κ3) is 3.65. The fourth-order valence-corrected chi connectivity index (χ4v) is 1.99. The van der Waals surface area contributed by atoms with Crippen LogP contribution >= 0.6 is 0 Å². The van der Waals surface area contributed by atoms with E-state index in [9.17, 15) is 0 Å². The summed E-state index contributed by atoms with van der Waals surface area (Å²) in [6, 6.07) is 0. The van der Waals surface area contributed by atoms with E-state index in [4.69, 9.17) is 9.47 Å². The minimum Gasteiger partial charge on any atom is -0.375 e. The molecule has 0 bridgehead atoms. The fourth-order valence-electron chi connectivity index (χ4n) is 1.99. The molecule has 0 spiro atoms. The summed E-state index contributed by atoms with van der Waals surface area (Å²) in [6.07, 6.45) is 10.5. The van der Waals surface area contributed by atoms with Crippen LogP contribution < -0.4 is 0 Å². The van der Waals surface area contributed by atoms with Gasteiger partial charge in [0.05, 0.1) is 19.3 Å². The highest BCUT2D eigenvalue weighted by Crippen LogP contribution is 2.20. The average Bonchev–Trinajstić information content (AvgIpc) is 2.85. The molecule has 0 N–H and O–H groups in total. The smallest absolute Gasteiger partial charge is 0.104 e. The molecule has 2 rings (SSSR count). The van der Waals surface area contributed by atoms with E-state index in [1.807, 2.05) is 0 Å². The van der Waals surface area contributed by atoms with Crippen molar-refractivity contribution in [2.45, 2.75) is 57.2 Å². The summed E-state index contributed by atoms with van der Waals surface area (Å²) >= 11 is 0. The SMILES string of the molecule is C1CCCC(OCC2CO2)CCC1. The highest BCUT2D eigenvalue weighted by atomic mass is 16.6. The van der Waals surface area contributed by atoms with Crippen molar-refractivity contribution in [1.82, 2.24) is 0 Å². The molecule has 0 aromatic rings. The number of hydrogen-bond donors (Lipinski definition) is 0. The van der Waals surface area contributed by atoms with Gasteiger partial charge in [0.2, 0.25) is 0 Å². The Morgan fingerprint density at radius 3 is 2.23 bits per heavy atom. The summed E-state index contributed by atoms with van der Waals surface area (Å²) in [7, 11) is 0. The van der Waals surface area contributed by atoms with Crippen LogP contribution in [0, 0.1) is 0 Å². The maximum Gasteiger partial charge on any atom is 0.104 e. The van der Waals surface area contributed by atoms with Crippen LogP contribution in [0.4, 0.5) is 0 Å². The van der Waals surface area contributed by atoms with Gasteiger partial charge < -0.3 is 9.47 Å². The Labute approximate surface area is 80.6 Å². The van der Waals surface area contributed by atoms with Gasteiger partial charge in [-0.2, -0.15) is 0 Å². The van der Waals surface area contributed by atoms with E-state index >= 15 is 0 Å². The molecular formula is C11H20O2. The molecule has 1 aliphatic carbocycles. The largest absolute Gasteiger partial charge is 0.375 e. The van der Waals surface area contributed by atoms with Crippen LogP contribution in [-0.4, -0.2) is 25.4 Å². The lowest BCUT2D eigenvalue weighted by Crippen LogP contribution is -2.17. The van der Waals surface area contributed by atoms with Crippen molar-refractivity contribution in [3.63, 3.8) is 0 Å². The quantitative estimate of drug-likeness (QED) is 0.629. The maximum absolute atomic E-state index is 5.82. The topological polar surface area (TPSA) is 21.8 Å². The molecule has 2 nitrogen and oxygen atoms in total. The predicted molar refractivity (Wildman–Crippen MR) is 51.8 cm³/mol. The molecule has 1 saturated carbocycles. The van der Waals surface area contributed by atoms with Crippen LogP contribution in [0.25, 0.3) is 0 Å². The zero-order valence-electron chi connectivity index (χ0n) is 8.34. The minimum absolute atomic E-state index is 0.436. The third-order valence-electron chi connectivity index (χ3n) is 2.97. The van der Waals surface area contributed by atoms with E-state index in [2.05, 4.69) is 0 Å². The number of rotatable bonds is 3. The number of ether oxygens (including phenoxy) is 2. The summed E-state index contributed by atoms with van der Waals surface area (Å²) in [4.78, 5) is 0. The lowest BCUT2D eigenvalue weighted by Gasteiger charge is -2.19. The van der Waals surface area contributed by atoms with Gasteiger partial charge >= 0.3 is 0 Å². The molecule has 0 aromatic heterocycles. The molecule has 1 atom stereocenters. The Hall–Kier alpha value is -0.0800. The molecule has 2 fully saturated rings. The molecule has 1 unspecified atom stereocenters. The lowest BCUT2D eigenvalue weighted by molar-refractivity contribution is 0.0265. The molecule has 0 radical (unpaired) electrons. The van der Waals surface area contributed by atoms with Crippen LogP contribution in [0.15, 0.2) is 0 Å². The molecular weight excluding hydrogens is 164 g/mol. The maximum atomic E-state index is 5.82. The molecule has 2 heteroatoms. The Balaban J connectivity index is 1.62. The highest BCUT2D eigenvalue weighted by molar-refractivity contribution is 4.70. The predicted octanol–water partition coefficient (Wildman–Crippen LogP) is 2.51. The molecule has 2 aliphatic rings. The highest BCUT2D eigenvalue weighted by Gasteiger charge is 2.24. The molecule has 76 valence electrons. The van der Waals surface area contributed by atoms with Gasteiger partial charge in [0.25, 0.3) is 0 Å². The van der Waals surface area contributed by atoms with Gasteiger partial charge in [-0.05, 0) is 12.8 Å². The van der Waals surface area contributed by atoms with Gasteiger partial charge in [-0.25, -0.2) is 0 Å². The second kappa shape index (κ2) is 4.97. The first kappa shape index (κ1) is 9.47. The summed E-state index contributed by atoms with van der Waals surface area (Å²) in [5.41, 5.74) is 0. The first-order valence-electron chi connectivity index (χ1n) is 5.68. The second-order valence-corrected chi connectivity index (χ2v) is 4.26. The summed E-state index contributed by atoms with van der Waals surface area (Å²) < 4.78 is 10.9. The monoisotopic (exact) mass is 184 g/mol. The average molecular weight is 184 g/mol. The van der Waals surface area contributed by atoms with E-state index in [0.717, 1.165) is 13.2 Å². The first-order chi connectivity index (χ1) is 6.45. The van der Waals surface area contributed by atoms with Crippen molar-refractivity contribution in [2.75, 3.05) is 13.2 Å². The minimum atomic E-state index is 0.436. The first-order valence-corrected chi connectivity index (χ1v) is 5.68. The normalized spacial score (nSPS) is 30.9. The van der Waals surface area contributed by atoms with Crippen molar-refractivity contribution >= 4 is 0 Å². The van der Waals surface area contributed by atoms with Gasteiger partial charge in [0.15, 0.2) is 0 Å². The molecule has 0 aromatic carbocycles. The van der Waals surface area contributed by atoms with E-state index < -0.39 is 0 Å². The van der Waals surface area contributed by atoms with Crippen LogP contribution in [0.3, 0.4) is 0 Å². The van der Waals surface area contributed by atoms with Crippen molar-refractivity contribution in [3.05, 3.63) is 0 Å². The second-order valence-electron chi connectivity index (χ2n) is 4.26. The van der Waals surface area contributed by atoms with Gasteiger partial charge in [-0.1, -0.05) is 32.1 Å². The zero-order chi connectivity index (χ0) is 8.93. The number of epoxide rings is 1. The Bertz CT molecular complexity index is 135. The standard InChI is InChI=1S/C11H20O2/c1-2-4-6-10(7-5-3-1)12-8-11-9-13-11/h10-11H,1-9H2. The van der Waals surface area contributed by atoms with Crippen molar-refractivity contribution < 1.29 is 9.47 Å². The van der Waals surface area contributed by atoms with E-state index in [0.29, 0.717) is 12.2 Å². The van der Waals surface area contributed by atoms with E-state index in [-0.39, 0.29) is 0 Å². The van der Waals surface area contributed by atoms with E-state index in [1.54, 1.807) is 0 Å². The van der Waals surface area contributed by atoms with Crippen LogP contribution in [-0.2, 0) is 9.47 Å². The van der Waals surface area contributed by atoms with Crippen LogP contribution in [0.2, 0.25) is 0 Å². The Kier molecular flexibility index (Phi) is 3.62. The van der Waals surface area contributed by atoms with Gasteiger partial charge in [-0.3, -0.25) is 0 Å². The molecule has 1 heterocycles. The zero-order valence-corrected chi connectivity index (χ0v) is 8.34. The third-order valence-corrected chi connectivity index (χ3v) is 2.97. The summed E-state index contributed by atoms with van der Waals surface area (Å²) in [5, 5.41) is 0.